The summed E-state index contributed by atoms with van der Waals surface area (Å²) < 4.78 is 4.74. The number of nitrogens with zero attached hydrogens (tertiary/aromatic N) is 2. The lowest BCUT2D eigenvalue weighted by atomic mass is 10.0. The van der Waals surface area contributed by atoms with Crippen LogP contribution in [-0.4, -0.2) is 32.2 Å². The first-order valence-electron chi connectivity index (χ1n) is 6.57. The third kappa shape index (κ3) is 2.74. The second-order valence-corrected chi connectivity index (χ2v) is 5.24. The lowest BCUT2D eigenvalue weighted by molar-refractivity contribution is -0.139. The van der Waals surface area contributed by atoms with Crippen molar-refractivity contribution in [2.24, 2.45) is 0 Å². The Balaban J connectivity index is 2.65. The Labute approximate surface area is 119 Å². The number of carbonyl (C=O) groups excluding carboxylic acids is 1. The van der Waals surface area contributed by atoms with Crippen LogP contribution in [0.2, 0.25) is 0 Å². The number of aryl methyl sites for hydroxylation is 2. The molecule has 0 amide bonds. The predicted molar refractivity (Wildman–Crippen MR) is 81.3 cm³/mol. The summed E-state index contributed by atoms with van der Waals surface area (Å²) in [5.41, 5.74) is 5.12. The topological polar surface area (TPSA) is 42.4 Å². The molecule has 4 nitrogen and oxygen atoms in total. The van der Waals surface area contributed by atoms with Gasteiger partial charge >= 0.3 is 5.97 Å². The van der Waals surface area contributed by atoms with E-state index in [1.807, 2.05) is 40.1 Å². The van der Waals surface area contributed by atoms with Gasteiger partial charge in [-0.25, -0.2) is 0 Å². The van der Waals surface area contributed by atoms with Crippen LogP contribution in [0.1, 0.15) is 16.8 Å². The summed E-state index contributed by atoms with van der Waals surface area (Å²) >= 11 is 0. The van der Waals surface area contributed by atoms with Gasteiger partial charge < -0.3 is 9.64 Å². The normalized spacial score (nSPS) is 10.7. The molecule has 0 aliphatic rings. The first-order chi connectivity index (χ1) is 9.42. The molecule has 0 atom stereocenters. The molecule has 0 radical (unpaired) electrons. The second kappa shape index (κ2) is 5.49. The monoisotopic (exact) mass is 272 g/mol. The van der Waals surface area contributed by atoms with E-state index < -0.39 is 0 Å². The number of esters is 1. The van der Waals surface area contributed by atoms with Crippen molar-refractivity contribution in [3.05, 3.63) is 35.0 Å². The molecule has 0 aliphatic carbocycles. The van der Waals surface area contributed by atoms with E-state index in [-0.39, 0.29) is 12.4 Å². The number of methoxy groups -OCH3 is 1. The summed E-state index contributed by atoms with van der Waals surface area (Å²) in [4.78, 5) is 18.1. The fraction of sp³-hybridized carbons (Fsp3) is 0.375. The molecule has 0 unspecified atom stereocenters. The van der Waals surface area contributed by atoms with Gasteiger partial charge in [0.15, 0.2) is 0 Å². The maximum atomic E-state index is 11.5. The molecule has 2 rings (SSSR count). The van der Waals surface area contributed by atoms with E-state index >= 15 is 0 Å². The van der Waals surface area contributed by atoms with Gasteiger partial charge in [-0.2, -0.15) is 0 Å². The van der Waals surface area contributed by atoms with Crippen LogP contribution in [0.25, 0.3) is 10.9 Å². The van der Waals surface area contributed by atoms with E-state index in [2.05, 4.69) is 16.0 Å². The van der Waals surface area contributed by atoms with E-state index in [4.69, 9.17) is 4.74 Å². The van der Waals surface area contributed by atoms with Crippen molar-refractivity contribution < 1.29 is 9.53 Å². The maximum Gasteiger partial charge on any atom is 0.309 e. The average Bonchev–Trinajstić information content (AvgIpc) is 2.38. The highest BCUT2D eigenvalue weighted by molar-refractivity contribution is 5.94. The molecule has 0 aliphatic heterocycles. The van der Waals surface area contributed by atoms with Gasteiger partial charge in [0.2, 0.25) is 0 Å². The number of fused-ring (bicyclic) bond motifs is 1. The van der Waals surface area contributed by atoms with Crippen molar-refractivity contribution in [3.8, 4) is 0 Å². The minimum absolute atomic E-state index is 0.227. The predicted octanol–water partition coefficient (Wildman–Crippen LogP) is 2.63. The zero-order chi connectivity index (χ0) is 14.9. The number of carbonyl (C=O) groups is 1. The van der Waals surface area contributed by atoms with Crippen LogP contribution in [0.3, 0.4) is 0 Å². The summed E-state index contributed by atoms with van der Waals surface area (Å²) in [5, 5.41) is 1.07. The van der Waals surface area contributed by atoms with Crippen molar-refractivity contribution in [1.29, 1.82) is 0 Å². The summed E-state index contributed by atoms with van der Waals surface area (Å²) in [6, 6.07) is 6.09. The molecule has 0 saturated heterocycles. The van der Waals surface area contributed by atoms with Gasteiger partial charge in [-0.15, -0.1) is 0 Å². The number of ether oxygens (including phenoxy) is 1. The number of rotatable bonds is 3. The van der Waals surface area contributed by atoms with Crippen LogP contribution in [0, 0.1) is 13.8 Å². The highest BCUT2D eigenvalue weighted by Gasteiger charge is 2.11. The third-order valence-corrected chi connectivity index (χ3v) is 3.33. The van der Waals surface area contributed by atoms with Crippen LogP contribution < -0.4 is 4.90 Å². The van der Waals surface area contributed by atoms with Gasteiger partial charge in [0, 0.05) is 30.9 Å². The molecule has 0 fully saturated rings. The van der Waals surface area contributed by atoms with Crippen LogP contribution in [0.4, 0.5) is 5.69 Å². The number of hydrogen-bond donors (Lipinski definition) is 0. The van der Waals surface area contributed by atoms with Crippen molar-refractivity contribution in [2.75, 3.05) is 26.1 Å². The number of hydrogen-bond acceptors (Lipinski definition) is 4. The van der Waals surface area contributed by atoms with Crippen molar-refractivity contribution in [3.63, 3.8) is 0 Å². The molecule has 1 heterocycles. The average molecular weight is 272 g/mol. The van der Waals surface area contributed by atoms with Gasteiger partial charge in [0.05, 0.1) is 19.0 Å². The molecular weight excluding hydrogens is 252 g/mol. The Kier molecular flexibility index (Phi) is 3.93. The Bertz CT molecular complexity index is 663. The van der Waals surface area contributed by atoms with Crippen LogP contribution in [0.15, 0.2) is 18.2 Å². The Morgan fingerprint density at radius 3 is 2.55 bits per heavy atom. The smallest absolute Gasteiger partial charge is 0.309 e. The number of benzene rings is 1. The zero-order valence-electron chi connectivity index (χ0n) is 12.7. The summed E-state index contributed by atoms with van der Waals surface area (Å²) in [5.74, 6) is -0.227. The minimum Gasteiger partial charge on any atom is -0.469 e. The number of anilines is 1. The highest BCUT2D eigenvalue weighted by Crippen LogP contribution is 2.29. The van der Waals surface area contributed by atoms with Gasteiger partial charge in [-0.1, -0.05) is 6.07 Å². The Morgan fingerprint density at radius 1 is 1.25 bits per heavy atom. The Morgan fingerprint density at radius 2 is 1.95 bits per heavy atom. The van der Waals surface area contributed by atoms with Crippen LogP contribution >= 0.6 is 0 Å². The molecule has 20 heavy (non-hydrogen) atoms. The van der Waals surface area contributed by atoms with Crippen LogP contribution in [0.5, 0.6) is 0 Å². The fourth-order valence-corrected chi connectivity index (χ4v) is 2.39. The fourth-order valence-electron chi connectivity index (χ4n) is 2.39. The quantitative estimate of drug-likeness (QED) is 0.806. The molecule has 0 saturated carbocycles. The lowest BCUT2D eigenvalue weighted by Crippen LogP contribution is -2.11. The molecule has 0 bridgehead atoms. The molecule has 106 valence electrons. The van der Waals surface area contributed by atoms with Gasteiger partial charge in [-0.3, -0.25) is 9.78 Å². The molecular formula is C16H20N2O2. The molecule has 0 N–H and O–H groups in total. The van der Waals surface area contributed by atoms with Gasteiger partial charge in [-0.05, 0) is 37.1 Å². The van der Waals surface area contributed by atoms with Gasteiger partial charge in [0.1, 0.15) is 0 Å². The van der Waals surface area contributed by atoms with E-state index in [0.717, 1.165) is 33.4 Å². The first-order valence-corrected chi connectivity index (χ1v) is 6.57. The SMILES string of the molecule is COC(=O)Cc1cc(C)c2nc(C)cc(N(C)C)c2c1. The molecule has 1 aromatic carbocycles. The van der Waals surface area contributed by atoms with Crippen LogP contribution in [-0.2, 0) is 16.0 Å². The van der Waals surface area contributed by atoms with E-state index in [9.17, 15) is 4.79 Å². The third-order valence-electron chi connectivity index (χ3n) is 3.33. The summed E-state index contributed by atoms with van der Waals surface area (Å²) in [7, 11) is 5.43. The van der Waals surface area contributed by atoms with Gasteiger partial charge in [0.25, 0.3) is 0 Å². The molecule has 1 aromatic heterocycles. The van der Waals surface area contributed by atoms with Crippen molar-refractivity contribution >= 4 is 22.6 Å². The number of pyridine rings is 1. The maximum absolute atomic E-state index is 11.5. The zero-order valence-corrected chi connectivity index (χ0v) is 12.7. The van der Waals surface area contributed by atoms with Crippen molar-refractivity contribution in [1.82, 2.24) is 4.98 Å². The van der Waals surface area contributed by atoms with E-state index in [1.165, 1.54) is 7.11 Å². The van der Waals surface area contributed by atoms with E-state index in [0.29, 0.717) is 0 Å². The van der Waals surface area contributed by atoms with E-state index in [1.54, 1.807) is 0 Å². The highest BCUT2D eigenvalue weighted by atomic mass is 16.5. The molecule has 0 spiro atoms. The minimum atomic E-state index is -0.227. The second-order valence-electron chi connectivity index (χ2n) is 5.24. The molecule has 2 aromatic rings. The first kappa shape index (κ1) is 14.3. The Hall–Kier alpha value is -2.10. The van der Waals surface area contributed by atoms with Crippen molar-refractivity contribution in [2.45, 2.75) is 20.3 Å². The molecule has 4 heteroatoms. The standard InChI is InChI=1S/C16H20N2O2/c1-10-6-12(9-15(19)20-5)8-13-14(18(3)4)7-11(2)17-16(10)13/h6-8H,9H2,1-5H3. The number of aromatic nitrogens is 1. The summed E-state index contributed by atoms with van der Waals surface area (Å²) in [6.07, 6.45) is 0.286. The lowest BCUT2D eigenvalue weighted by Gasteiger charge is -2.18. The summed E-state index contributed by atoms with van der Waals surface area (Å²) in [6.45, 7) is 4.02. The largest absolute Gasteiger partial charge is 0.469 e.